The molecular weight excluding hydrogens is 242 g/mol. The van der Waals surface area contributed by atoms with Gasteiger partial charge in [0.25, 0.3) is 0 Å². The van der Waals surface area contributed by atoms with Gasteiger partial charge in [-0.2, -0.15) is 0 Å². The maximum atomic E-state index is 10.6. The second-order valence-corrected chi connectivity index (χ2v) is 4.07. The zero-order chi connectivity index (χ0) is 14.0. The van der Waals surface area contributed by atoms with Gasteiger partial charge in [-0.3, -0.25) is 19.6 Å². The van der Waals surface area contributed by atoms with Gasteiger partial charge in [-0.15, -0.1) is 0 Å². The summed E-state index contributed by atoms with van der Waals surface area (Å²) in [5.74, 6) is -4.36. The van der Waals surface area contributed by atoms with Crippen LogP contribution in [0.1, 0.15) is 44.9 Å². The minimum absolute atomic E-state index is 0.127. The highest BCUT2D eigenvalue weighted by molar-refractivity contribution is 5.92. The van der Waals surface area contributed by atoms with Crippen molar-refractivity contribution in [1.29, 1.82) is 0 Å². The normalized spacial score (nSPS) is 10.3. The molecule has 1 amide bonds. The molecule has 0 saturated carbocycles. The summed E-state index contributed by atoms with van der Waals surface area (Å²) in [6.45, 7) is 0. The minimum Gasteiger partial charge on any atom is -0.481 e. The Kier molecular flexibility index (Phi) is 8.55. The molecule has 0 aromatic rings. The Labute approximate surface area is 105 Å². The van der Waals surface area contributed by atoms with Crippen molar-refractivity contribution in [1.82, 2.24) is 5.48 Å². The Bertz CT molecular complexity index is 277. The second kappa shape index (κ2) is 9.41. The van der Waals surface area contributed by atoms with Crippen molar-refractivity contribution in [2.24, 2.45) is 5.92 Å². The van der Waals surface area contributed by atoms with Crippen molar-refractivity contribution < 1.29 is 29.8 Å². The van der Waals surface area contributed by atoms with Crippen LogP contribution >= 0.6 is 0 Å². The van der Waals surface area contributed by atoms with Crippen LogP contribution in [0.2, 0.25) is 0 Å². The van der Waals surface area contributed by atoms with E-state index in [-0.39, 0.29) is 12.8 Å². The van der Waals surface area contributed by atoms with Crippen molar-refractivity contribution in [2.75, 3.05) is 0 Å². The predicted molar refractivity (Wildman–Crippen MR) is 61.0 cm³/mol. The Morgan fingerprint density at radius 2 is 1.39 bits per heavy atom. The van der Waals surface area contributed by atoms with E-state index in [0.717, 1.165) is 19.3 Å². The van der Waals surface area contributed by atoms with Gasteiger partial charge in [-0.1, -0.05) is 25.7 Å². The second-order valence-electron chi connectivity index (χ2n) is 4.07. The van der Waals surface area contributed by atoms with Crippen molar-refractivity contribution in [3.8, 4) is 0 Å². The van der Waals surface area contributed by atoms with Crippen LogP contribution in [0.15, 0.2) is 0 Å². The highest BCUT2D eigenvalue weighted by Gasteiger charge is 2.24. The van der Waals surface area contributed by atoms with Crippen molar-refractivity contribution in [2.45, 2.75) is 44.9 Å². The number of carboxylic acids is 2. The standard InChI is InChI=1S/C11H19NO6/c13-9(12-18)7-5-3-1-2-4-6-8(10(14)15)11(16)17/h8,18H,1-7H2,(H,12,13)(H,14,15)(H,16,17). The van der Waals surface area contributed by atoms with E-state index in [2.05, 4.69) is 0 Å². The molecule has 0 spiro atoms. The summed E-state index contributed by atoms with van der Waals surface area (Å²) in [7, 11) is 0. The van der Waals surface area contributed by atoms with Gasteiger partial charge in [0.15, 0.2) is 5.92 Å². The lowest BCUT2D eigenvalue weighted by Crippen LogP contribution is -2.23. The quantitative estimate of drug-likeness (QED) is 0.201. The molecule has 0 bridgehead atoms. The molecule has 0 aliphatic heterocycles. The monoisotopic (exact) mass is 261 g/mol. The molecule has 0 radical (unpaired) electrons. The zero-order valence-electron chi connectivity index (χ0n) is 10.1. The fraction of sp³-hybridized carbons (Fsp3) is 0.727. The van der Waals surface area contributed by atoms with Crippen LogP contribution in [0.3, 0.4) is 0 Å². The van der Waals surface area contributed by atoms with Gasteiger partial charge in [-0.25, -0.2) is 5.48 Å². The van der Waals surface area contributed by atoms with E-state index in [9.17, 15) is 14.4 Å². The van der Waals surface area contributed by atoms with Crippen LogP contribution in [0, 0.1) is 5.92 Å². The molecule has 4 N–H and O–H groups in total. The summed E-state index contributed by atoms with van der Waals surface area (Å²) < 4.78 is 0. The van der Waals surface area contributed by atoms with E-state index >= 15 is 0 Å². The Balaban J connectivity index is 3.53. The van der Waals surface area contributed by atoms with Gasteiger partial charge in [-0.05, 0) is 12.8 Å². The molecular formula is C11H19NO6. The molecule has 0 aliphatic rings. The first kappa shape index (κ1) is 16.4. The number of carbonyl (C=O) groups excluding carboxylic acids is 1. The highest BCUT2D eigenvalue weighted by atomic mass is 16.5. The van der Waals surface area contributed by atoms with Gasteiger partial charge in [0.05, 0.1) is 0 Å². The van der Waals surface area contributed by atoms with E-state index < -0.39 is 23.8 Å². The van der Waals surface area contributed by atoms with Crippen LogP contribution in [-0.2, 0) is 14.4 Å². The van der Waals surface area contributed by atoms with Gasteiger partial charge in [0, 0.05) is 6.42 Å². The third kappa shape index (κ3) is 7.61. The molecule has 7 nitrogen and oxygen atoms in total. The van der Waals surface area contributed by atoms with E-state index in [0.29, 0.717) is 12.8 Å². The number of nitrogens with one attached hydrogen (secondary N) is 1. The highest BCUT2D eigenvalue weighted by Crippen LogP contribution is 2.13. The fourth-order valence-corrected chi connectivity index (χ4v) is 1.57. The maximum Gasteiger partial charge on any atom is 0.317 e. The summed E-state index contributed by atoms with van der Waals surface area (Å²) in [6.07, 6.45) is 3.90. The van der Waals surface area contributed by atoms with E-state index in [1.807, 2.05) is 0 Å². The molecule has 0 fully saturated rings. The predicted octanol–water partition coefficient (Wildman–Crippen LogP) is 1.01. The number of unbranched alkanes of at least 4 members (excludes halogenated alkanes) is 4. The number of carbonyl (C=O) groups is 3. The summed E-state index contributed by atoms with van der Waals surface area (Å²) >= 11 is 0. The number of amides is 1. The van der Waals surface area contributed by atoms with Crippen molar-refractivity contribution in [3.05, 3.63) is 0 Å². The molecule has 0 unspecified atom stereocenters. The summed E-state index contributed by atoms with van der Waals surface area (Å²) in [6, 6.07) is 0. The number of hydrogen-bond acceptors (Lipinski definition) is 4. The molecule has 18 heavy (non-hydrogen) atoms. The molecule has 0 aromatic carbocycles. The average molecular weight is 261 g/mol. The Morgan fingerprint density at radius 1 is 0.889 bits per heavy atom. The molecule has 0 saturated heterocycles. The van der Waals surface area contributed by atoms with Gasteiger partial charge < -0.3 is 10.2 Å². The summed E-state index contributed by atoms with van der Waals surface area (Å²) in [5, 5.41) is 25.5. The maximum absolute atomic E-state index is 10.6. The van der Waals surface area contributed by atoms with Crippen LogP contribution < -0.4 is 5.48 Å². The zero-order valence-corrected chi connectivity index (χ0v) is 10.1. The van der Waals surface area contributed by atoms with E-state index in [1.165, 1.54) is 5.48 Å². The third-order valence-electron chi connectivity index (χ3n) is 2.62. The number of hydrogen-bond donors (Lipinski definition) is 4. The lowest BCUT2D eigenvalue weighted by atomic mass is 10.0. The summed E-state index contributed by atoms with van der Waals surface area (Å²) in [5.41, 5.74) is 1.54. The number of aliphatic carboxylic acids is 2. The number of carboxylic acid groups (broad SMARTS) is 2. The largest absolute Gasteiger partial charge is 0.481 e. The van der Waals surface area contributed by atoms with Crippen LogP contribution in [0.5, 0.6) is 0 Å². The Hall–Kier alpha value is -1.63. The lowest BCUT2D eigenvalue weighted by molar-refractivity contribution is -0.154. The smallest absolute Gasteiger partial charge is 0.317 e. The Morgan fingerprint density at radius 3 is 1.89 bits per heavy atom. The number of hydroxylamine groups is 1. The van der Waals surface area contributed by atoms with Crippen LogP contribution in [0.25, 0.3) is 0 Å². The molecule has 0 aliphatic carbocycles. The van der Waals surface area contributed by atoms with Gasteiger partial charge in [0.2, 0.25) is 5.91 Å². The molecule has 104 valence electrons. The third-order valence-corrected chi connectivity index (χ3v) is 2.62. The summed E-state index contributed by atoms with van der Waals surface area (Å²) in [4.78, 5) is 31.8. The molecule has 7 heteroatoms. The molecule has 0 atom stereocenters. The first-order valence-corrected chi connectivity index (χ1v) is 5.87. The topological polar surface area (TPSA) is 124 Å². The van der Waals surface area contributed by atoms with Crippen molar-refractivity contribution in [3.63, 3.8) is 0 Å². The van der Waals surface area contributed by atoms with Gasteiger partial charge >= 0.3 is 11.9 Å². The van der Waals surface area contributed by atoms with Crippen LogP contribution in [0.4, 0.5) is 0 Å². The first-order chi connectivity index (χ1) is 8.49. The average Bonchev–Trinajstić information content (AvgIpc) is 2.31. The van der Waals surface area contributed by atoms with Crippen LogP contribution in [-0.4, -0.2) is 33.3 Å². The van der Waals surface area contributed by atoms with Crippen molar-refractivity contribution >= 4 is 17.8 Å². The van der Waals surface area contributed by atoms with E-state index in [4.69, 9.17) is 15.4 Å². The lowest BCUT2D eigenvalue weighted by Gasteiger charge is -2.06. The molecule has 0 heterocycles. The molecule has 0 aromatic heterocycles. The first-order valence-electron chi connectivity index (χ1n) is 5.87. The SMILES string of the molecule is O=C(CCCCCCCC(C(=O)O)C(=O)O)NO. The molecule has 0 rings (SSSR count). The van der Waals surface area contributed by atoms with E-state index in [1.54, 1.807) is 0 Å². The van der Waals surface area contributed by atoms with Gasteiger partial charge in [0.1, 0.15) is 0 Å². The number of rotatable bonds is 10. The minimum atomic E-state index is -1.33. The fourth-order valence-electron chi connectivity index (χ4n) is 1.57.